The molecular weight excluding hydrogens is 276 g/mol. The van der Waals surface area contributed by atoms with E-state index in [9.17, 15) is 0 Å². The van der Waals surface area contributed by atoms with Gasteiger partial charge in [0.2, 0.25) is 0 Å². The molecule has 3 atom stereocenters. The monoisotopic (exact) mass is 304 g/mol. The predicted octanol–water partition coefficient (Wildman–Crippen LogP) is 3.58. The van der Waals surface area contributed by atoms with Crippen LogP contribution in [0.1, 0.15) is 38.7 Å². The molecule has 3 unspecified atom stereocenters. The summed E-state index contributed by atoms with van der Waals surface area (Å²) in [5.74, 6) is 2.75. The lowest BCUT2D eigenvalue weighted by Crippen LogP contribution is -2.56. The van der Waals surface area contributed by atoms with Crippen molar-refractivity contribution in [2.45, 2.75) is 50.1 Å². The largest absolute Gasteiger partial charge is 0.311 e. The zero-order valence-electron chi connectivity index (χ0n) is 13.5. The van der Waals surface area contributed by atoms with E-state index in [0.717, 1.165) is 12.5 Å². The number of rotatable bonds is 4. The lowest BCUT2D eigenvalue weighted by atomic mass is 9.96. The van der Waals surface area contributed by atoms with Gasteiger partial charge in [-0.3, -0.25) is 4.90 Å². The molecule has 1 saturated heterocycles. The third kappa shape index (κ3) is 3.64. The van der Waals surface area contributed by atoms with Gasteiger partial charge in [0.05, 0.1) is 0 Å². The fourth-order valence-electron chi connectivity index (χ4n) is 3.64. The highest BCUT2D eigenvalue weighted by atomic mass is 32.2. The standard InChI is InChI=1S/C18H28N2S/c1-13(2)8-16-11-20(14(3)9-19-16)10-15-12-21-18-7-5-4-6-17(15)18/h4-7,13-16,19H,8-12H2,1-3H3. The van der Waals surface area contributed by atoms with E-state index in [0.29, 0.717) is 18.0 Å². The molecule has 0 spiro atoms. The third-order valence-electron chi connectivity index (χ3n) is 4.79. The summed E-state index contributed by atoms with van der Waals surface area (Å²) in [5, 5.41) is 3.73. The van der Waals surface area contributed by atoms with Gasteiger partial charge in [-0.15, -0.1) is 11.8 Å². The number of thioether (sulfide) groups is 1. The molecule has 1 aromatic rings. The Labute approximate surface area is 133 Å². The average molecular weight is 305 g/mol. The molecule has 2 aliphatic heterocycles. The maximum Gasteiger partial charge on any atom is 0.0198 e. The van der Waals surface area contributed by atoms with E-state index < -0.39 is 0 Å². The molecule has 2 nitrogen and oxygen atoms in total. The van der Waals surface area contributed by atoms with Gasteiger partial charge in [0.1, 0.15) is 0 Å². The van der Waals surface area contributed by atoms with Crippen molar-refractivity contribution in [1.29, 1.82) is 0 Å². The Bertz CT molecular complexity index is 474. The van der Waals surface area contributed by atoms with Crippen LogP contribution in [0, 0.1) is 5.92 Å². The molecular formula is C18H28N2S. The van der Waals surface area contributed by atoms with Gasteiger partial charge in [-0.25, -0.2) is 0 Å². The van der Waals surface area contributed by atoms with Crippen LogP contribution >= 0.6 is 11.8 Å². The Balaban J connectivity index is 1.64. The second-order valence-electron chi connectivity index (χ2n) is 7.08. The van der Waals surface area contributed by atoms with Gasteiger partial charge >= 0.3 is 0 Å². The summed E-state index contributed by atoms with van der Waals surface area (Å²) in [7, 11) is 0. The topological polar surface area (TPSA) is 15.3 Å². The van der Waals surface area contributed by atoms with Crippen molar-refractivity contribution in [1.82, 2.24) is 10.2 Å². The number of hydrogen-bond acceptors (Lipinski definition) is 3. The summed E-state index contributed by atoms with van der Waals surface area (Å²) in [6.07, 6.45) is 1.29. The highest BCUT2D eigenvalue weighted by Crippen LogP contribution is 2.39. The molecule has 0 aliphatic carbocycles. The fraction of sp³-hybridized carbons (Fsp3) is 0.667. The first-order valence-corrected chi connectivity index (χ1v) is 9.31. The Morgan fingerprint density at radius 3 is 2.95 bits per heavy atom. The minimum absolute atomic E-state index is 0.658. The van der Waals surface area contributed by atoms with Gasteiger partial charge in [0.15, 0.2) is 0 Å². The molecule has 2 heterocycles. The molecule has 3 heteroatoms. The van der Waals surface area contributed by atoms with Crippen LogP contribution in [0.15, 0.2) is 29.2 Å². The van der Waals surface area contributed by atoms with Crippen molar-refractivity contribution >= 4 is 11.8 Å². The molecule has 1 aromatic carbocycles. The number of hydrogen-bond donors (Lipinski definition) is 1. The van der Waals surface area contributed by atoms with Gasteiger partial charge in [-0.2, -0.15) is 0 Å². The maximum atomic E-state index is 3.73. The van der Waals surface area contributed by atoms with Crippen LogP contribution in [0.25, 0.3) is 0 Å². The molecule has 0 bridgehead atoms. The summed E-state index contributed by atoms with van der Waals surface area (Å²) in [4.78, 5) is 4.22. The second kappa shape index (κ2) is 6.72. The lowest BCUT2D eigenvalue weighted by Gasteiger charge is -2.40. The molecule has 1 N–H and O–H groups in total. The molecule has 0 saturated carbocycles. The van der Waals surface area contributed by atoms with Crippen molar-refractivity contribution in [3.63, 3.8) is 0 Å². The van der Waals surface area contributed by atoms with Crippen molar-refractivity contribution < 1.29 is 0 Å². The summed E-state index contributed by atoms with van der Waals surface area (Å²) in [6.45, 7) is 10.6. The van der Waals surface area contributed by atoms with Gasteiger partial charge in [0, 0.05) is 48.3 Å². The number of piperazine rings is 1. The van der Waals surface area contributed by atoms with E-state index >= 15 is 0 Å². The van der Waals surface area contributed by atoms with Crippen LogP contribution in [0.4, 0.5) is 0 Å². The first-order chi connectivity index (χ1) is 10.1. The highest BCUT2D eigenvalue weighted by Gasteiger charge is 2.30. The van der Waals surface area contributed by atoms with E-state index in [1.807, 2.05) is 11.8 Å². The van der Waals surface area contributed by atoms with Crippen LogP contribution < -0.4 is 5.32 Å². The third-order valence-corrected chi connectivity index (χ3v) is 6.04. The number of fused-ring (bicyclic) bond motifs is 1. The Morgan fingerprint density at radius 2 is 2.14 bits per heavy atom. The van der Waals surface area contributed by atoms with E-state index in [4.69, 9.17) is 0 Å². The SMILES string of the molecule is CC(C)CC1CN(CC2CSc3ccccc32)C(C)CN1. The Kier molecular flexibility index (Phi) is 4.92. The fourth-order valence-corrected chi connectivity index (χ4v) is 4.88. The molecule has 2 aliphatic rings. The molecule has 0 radical (unpaired) electrons. The molecule has 3 rings (SSSR count). The van der Waals surface area contributed by atoms with Crippen LogP contribution in [0.3, 0.4) is 0 Å². The van der Waals surface area contributed by atoms with E-state index in [1.165, 1.54) is 30.2 Å². The molecule has 21 heavy (non-hydrogen) atoms. The highest BCUT2D eigenvalue weighted by molar-refractivity contribution is 7.99. The average Bonchev–Trinajstić information content (AvgIpc) is 2.85. The van der Waals surface area contributed by atoms with Gasteiger partial charge in [0.25, 0.3) is 0 Å². The van der Waals surface area contributed by atoms with Gasteiger partial charge in [-0.1, -0.05) is 32.0 Å². The van der Waals surface area contributed by atoms with Crippen molar-refractivity contribution in [2.75, 3.05) is 25.4 Å². The van der Waals surface area contributed by atoms with Gasteiger partial charge in [-0.05, 0) is 30.9 Å². The summed E-state index contributed by atoms with van der Waals surface area (Å²) in [6, 6.07) is 10.3. The number of nitrogens with one attached hydrogen (secondary N) is 1. The quantitative estimate of drug-likeness (QED) is 0.915. The minimum Gasteiger partial charge on any atom is -0.311 e. The summed E-state index contributed by atoms with van der Waals surface area (Å²) >= 11 is 2.03. The van der Waals surface area contributed by atoms with Crippen molar-refractivity contribution in [3.8, 4) is 0 Å². The Morgan fingerprint density at radius 1 is 1.33 bits per heavy atom. The number of nitrogens with zero attached hydrogens (tertiary/aromatic N) is 1. The van der Waals surface area contributed by atoms with Crippen LogP contribution in [0.5, 0.6) is 0 Å². The summed E-state index contributed by atoms with van der Waals surface area (Å²) in [5.41, 5.74) is 1.58. The van der Waals surface area contributed by atoms with Gasteiger partial charge < -0.3 is 5.32 Å². The lowest BCUT2D eigenvalue weighted by molar-refractivity contribution is 0.127. The summed E-state index contributed by atoms with van der Waals surface area (Å²) < 4.78 is 0. The van der Waals surface area contributed by atoms with Crippen molar-refractivity contribution in [3.05, 3.63) is 29.8 Å². The van der Waals surface area contributed by atoms with E-state index in [-0.39, 0.29) is 0 Å². The maximum absolute atomic E-state index is 3.73. The zero-order valence-corrected chi connectivity index (χ0v) is 14.3. The molecule has 0 aromatic heterocycles. The second-order valence-corrected chi connectivity index (χ2v) is 8.15. The molecule has 116 valence electrons. The van der Waals surface area contributed by atoms with E-state index in [2.05, 4.69) is 55.3 Å². The smallest absolute Gasteiger partial charge is 0.0198 e. The predicted molar refractivity (Wildman–Crippen MR) is 92.2 cm³/mol. The van der Waals surface area contributed by atoms with E-state index in [1.54, 1.807) is 5.56 Å². The first-order valence-electron chi connectivity index (χ1n) is 8.32. The number of benzene rings is 1. The van der Waals surface area contributed by atoms with Crippen LogP contribution in [0.2, 0.25) is 0 Å². The molecule has 0 amide bonds. The zero-order chi connectivity index (χ0) is 14.8. The first kappa shape index (κ1) is 15.4. The molecule has 1 fully saturated rings. The minimum atomic E-state index is 0.658. The Hall–Kier alpha value is -0.510. The van der Waals surface area contributed by atoms with Crippen LogP contribution in [-0.2, 0) is 0 Å². The van der Waals surface area contributed by atoms with Crippen molar-refractivity contribution in [2.24, 2.45) is 5.92 Å². The normalized spacial score (nSPS) is 29.8. The van der Waals surface area contributed by atoms with Crippen LogP contribution in [-0.4, -0.2) is 42.4 Å².